The molecule has 2 aromatic rings. The van der Waals surface area contributed by atoms with E-state index in [1.54, 1.807) is 0 Å². The summed E-state index contributed by atoms with van der Waals surface area (Å²) in [5.41, 5.74) is 1.24. The van der Waals surface area contributed by atoms with Gasteiger partial charge in [-0.25, -0.2) is 9.97 Å². The van der Waals surface area contributed by atoms with E-state index in [4.69, 9.17) is 14.7 Å². The van der Waals surface area contributed by atoms with Crippen molar-refractivity contribution in [1.29, 1.82) is 0 Å². The third-order valence-electron chi connectivity index (χ3n) is 7.00. The molecule has 3 aliphatic rings. The molecule has 32 heavy (non-hydrogen) atoms. The Balaban J connectivity index is 1.10. The van der Waals surface area contributed by atoms with Crippen molar-refractivity contribution in [2.75, 3.05) is 44.2 Å². The van der Waals surface area contributed by atoms with Crippen molar-refractivity contribution >= 4 is 5.82 Å². The van der Waals surface area contributed by atoms with Gasteiger partial charge in [-0.2, -0.15) is 0 Å². The van der Waals surface area contributed by atoms with Crippen LogP contribution in [0.1, 0.15) is 82.8 Å². The van der Waals surface area contributed by atoms with Gasteiger partial charge in [0.05, 0.1) is 12.6 Å². The number of ether oxygens (including phenoxy) is 1. The van der Waals surface area contributed by atoms with Crippen LogP contribution >= 0.6 is 0 Å². The van der Waals surface area contributed by atoms with Crippen LogP contribution in [0.3, 0.4) is 0 Å². The molecule has 0 bridgehead atoms. The van der Waals surface area contributed by atoms with E-state index >= 15 is 0 Å². The van der Waals surface area contributed by atoms with Gasteiger partial charge >= 0.3 is 0 Å². The molecule has 0 spiro atoms. The standard InChI is InChI=1S/C25H38N6O/c1-25(2,3)24-26-21(19-6-4-7-19)18-22(27-24)30-15-13-29(14-16-30)11-5-17-32-23-10-12-31(28-23)20-8-9-20/h10,12,18-20H,4-9,11,13-17H2,1-3H3. The van der Waals surface area contributed by atoms with Gasteiger partial charge in [-0.15, -0.1) is 5.10 Å². The van der Waals surface area contributed by atoms with E-state index < -0.39 is 0 Å². The maximum absolute atomic E-state index is 5.86. The van der Waals surface area contributed by atoms with E-state index in [9.17, 15) is 0 Å². The van der Waals surface area contributed by atoms with Crippen LogP contribution in [0.15, 0.2) is 18.3 Å². The van der Waals surface area contributed by atoms with Crippen molar-refractivity contribution in [3.63, 3.8) is 0 Å². The van der Waals surface area contributed by atoms with E-state index in [1.807, 2.05) is 16.9 Å². The molecule has 0 N–H and O–H groups in total. The Morgan fingerprint density at radius 3 is 2.47 bits per heavy atom. The molecular formula is C25H38N6O. The molecule has 1 aliphatic heterocycles. The average Bonchev–Trinajstić information content (AvgIpc) is 3.48. The fourth-order valence-electron chi connectivity index (χ4n) is 4.47. The van der Waals surface area contributed by atoms with Crippen molar-refractivity contribution in [3.05, 3.63) is 29.8 Å². The fraction of sp³-hybridized carbons (Fsp3) is 0.720. The SMILES string of the molecule is CC(C)(C)c1nc(C2CCC2)cc(N2CCN(CCCOc3ccn(C4CC4)n3)CC2)n1. The summed E-state index contributed by atoms with van der Waals surface area (Å²) in [4.78, 5) is 14.9. The lowest BCUT2D eigenvalue weighted by Crippen LogP contribution is -2.47. The Bertz CT molecular complexity index is 903. The van der Waals surface area contributed by atoms with E-state index in [-0.39, 0.29) is 5.41 Å². The molecule has 5 rings (SSSR count). The number of rotatable bonds is 8. The molecule has 2 saturated carbocycles. The van der Waals surface area contributed by atoms with Crippen molar-refractivity contribution in [2.24, 2.45) is 0 Å². The van der Waals surface area contributed by atoms with Gasteiger partial charge in [0.1, 0.15) is 11.6 Å². The highest BCUT2D eigenvalue weighted by atomic mass is 16.5. The monoisotopic (exact) mass is 438 g/mol. The van der Waals surface area contributed by atoms with Crippen molar-refractivity contribution in [3.8, 4) is 5.88 Å². The molecule has 0 atom stereocenters. The number of hydrogen-bond acceptors (Lipinski definition) is 6. The molecule has 2 aliphatic carbocycles. The third-order valence-corrected chi connectivity index (χ3v) is 7.00. The lowest BCUT2D eigenvalue weighted by atomic mass is 9.82. The summed E-state index contributed by atoms with van der Waals surface area (Å²) >= 11 is 0. The van der Waals surface area contributed by atoms with Gasteiger partial charge in [-0.1, -0.05) is 27.2 Å². The van der Waals surface area contributed by atoms with Gasteiger partial charge in [-0.3, -0.25) is 9.58 Å². The number of nitrogens with zero attached hydrogens (tertiary/aromatic N) is 6. The molecule has 7 nitrogen and oxygen atoms in total. The fourth-order valence-corrected chi connectivity index (χ4v) is 4.47. The first-order chi connectivity index (χ1) is 15.5. The van der Waals surface area contributed by atoms with Gasteiger partial charge in [0.25, 0.3) is 0 Å². The van der Waals surface area contributed by atoms with Crippen LogP contribution in [0.5, 0.6) is 5.88 Å². The zero-order chi connectivity index (χ0) is 22.1. The van der Waals surface area contributed by atoms with Gasteiger partial charge in [-0.05, 0) is 32.1 Å². The highest BCUT2D eigenvalue weighted by molar-refractivity contribution is 5.42. The van der Waals surface area contributed by atoms with E-state index in [1.165, 1.54) is 37.8 Å². The zero-order valence-electron chi connectivity index (χ0n) is 20.0. The van der Waals surface area contributed by atoms with Crippen LogP contribution in [0, 0.1) is 0 Å². The summed E-state index contributed by atoms with van der Waals surface area (Å²) < 4.78 is 7.90. The molecule has 0 unspecified atom stereocenters. The second-order valence-electron chi connectivity index (χ2n) is 10.7. The average molecular weight is 439 g/mol. The van der Waals surface area contributed by atoms with Crippen molar-refractivity contribution in [2.45, 2.75) is 76.7 Å². The lowest BCUT2D eigenvalue weighted by molar-refractivity contribution is 0.220. The predicted octanol–water partition coefficient (Wildman–Crippen LogP) is 4.16. The minimum absolute atomic E-state index is 0.0230. The van der Waals surface area contributed by atoms with E-state index in [0.717, 1.165) is 63.3 Å². The van der Waals surface area contributed by atoms with Crippen LogP contribution in [0.4, 0.5) is 5.82 Å². The van der Waals surface area contributed by atoms with Crippen LogP contribution in [0.2, 0.25) is 0 Å². The molecule has 7 heteroatoms. The van der Waals surface area contributed by atoms with E-state index in [0.29, 0.717) is 12.0 Å². The summed E-state index contributed by atoms with van der Waals surface area (Å²) in [6.07, 6.45) is 9.46. The van der Waals surface area contributed by atoms with Gasteiger partial charge in [0.2, 0.25) is 5.88 Å². The highest BCUT2D eigenvalue weighted by Gasteiger charge is 2.28. The number of piperazine rings is 1. The molecule has 3 heterocycles. The number of anilines is 1. The molecule has 174 valence electrons. The topological polar surface area (TPSA) is 59.3 Å². The molecular weight excluding hydrogens is 400 g/mol. The van der Waals surface area contributed by atoms with Crippen LogP contribution in [-0.4, -0.2) is 64.0 Å². The first kappa shape index (κ1) is 21.7. The lowest BCUT2D eigenvalue weighted by Gasteiger charge is -2.36. The van der Waals surface area contributed by atoms with Crippen LogP contribution < -0.4 is 9.64 Å². The van der Waals surface area contributed by atoms with Crippen LogP contribution in [0.25, 0.3) is 0 Å². The Morgan fingerprint density at radius 2 is 1.81 bits per heavy atom. The summed E-state index contributed by atoms with van der Waals surface area (Å²) in [5.74, 6) is 3.51. The van der Waals surface area contributed by atoms with Crippen molar-refractivity contribution < 1.29 is 4.74 Å². The Hall–Kier alpha value is -2.15. The van der Waals surface area contributed by atoms with Crippen LogP contribution in [-0.2, 0) is 5.41 Å². The Labute approximate surface area is 192 Å². The first-order valence-corrected chi connectivity index (χ1v) is 12.5. The van der Waals surface area contributed by atoms with E-state index in [2.05, 4.69) is 41.7 Å². The maximum atomic E-state index is 5.86. The predicted molar refractivity (Wildman–Crippen MR) is 127 cm³/mol. The summed E-state index contributed by atoms with van der Waals surface area (Å²) in [7, 11) is 0. The Kier molecular flexibility index (Phi) is 6.10. The largest absolute Gasteiger partial charge is 0.477 e. The minimum atomic E-state index is -0.0230. The molecule has 0 aromatic carbocycles. The van der Waals surface area contributed by atoms with Crippen molar-refractivity contribution in [1.82, 2.24) is 24.6 Å². The molecule has 0 amide bonds. The molecule has 1 saturated heterocycles. The zero-order valence-corrected chi connectivity index (χ0v) is 20.0. The second kappa shape index (κ2) is 9.00. The van der Waals surface area contributed by atoms with Gasteiger partial charge in [0.15, 0.2) is 0 Å². The smallest absolute Gasteiger partial charge is 0.232 e. The third kappa shape index (κ3) is 5.08. The normalized spacial score (nSPS) is 20.4. The quantitative estimate of drug-likeness (QED) is 0.577. The second-order valence-corrected chi connectivity index (χ2v) is 10.7. The summed E-state index contributed by atoms with van der Waals surface area (Å²) in [6, 6.07) is 4.87. The van der Waals surface area contributed by atoms with Gasteiger partial charge < -0.3 is 9.64 Å². The maximum Gasteiger partial charge on any atom is 0.232 e. The Morgan fingerprint density at radius 1 is 1.03 bits per heavy atom. The minimum Gasteiger partial charge on any atom is -0.477 e. The highest BCUT2D eigenvalue weighted by Crippen LogP contribution is 2.37. The summed E-state index contributed by atoms with van der Waals surface area (Å²) in [6.45, 7) is 12.6. The molecule has 0 radical (unpaired) electrons. The summed E-state index contributed by atoms with van der Waals surface area (Å²) in [5, 5.41) is 4.52. The number of aromatic nitrogens is 4. The first-order valence-electron chi connectivity index (χ1n) is 12.5. The molecule has 3 fully saturated rings. The number of hydrogen-bond donors (Lipinski definition) is 0. The molecule has 2 aromatic heterocycles. The van der Waals surface area contributed by atoms with Gasteiger partial charge in [0, 0.05) is 68.1 Å².